The molecule has 1 aliphatic heterocycles. The molecule has 0 radical (unpaired) electrons. The standard InChI is InChI=1S/C23H27ClF3N3O2/c1-32-10-9-28-22(31)21-12-19(15-30(21)14-16-5-4-7-18(24)11-16)29-13-17-6-2-3-8-20(17)23(25,26)27/h2-8,11,19,21,29H,9-10,12-15H2,1H3,(H,28,31)/t19-,21+/m1/s1. The summed E-state index contributed by atoms with van der Waals surface area (Å²) in [4.78, 5) is 14.8. The molecule has 0 aliphatic carbocycles. The molecule has 2 atom stereocenters. The first-order chi connectivity index (χ1) is 15.3. The number of nitrogens with one attached hydrogen (secondary N) is 2. The molecule has 9 heteroatoms. The maximum absolute atomic E-state index is 13.3. The van der Waals surface area contributed by atoms with Crippen molar-refractivity contribution in [3.8, 4) is 0 Å². The molecule has 1 fully saturated rings. The number of halogens is 4. The van der Waals surface area contributed by atoms with Gasteiger partial charge in [0.1, 0.15) is 0 Å². The van der Waals surface area contributed by atoms with Gasteiger partial charge in [0.15, 0.2) is 0 Å². The minimum Gasteiger partial charge on any atom is -0.383 e. The molecule has 32 heavy (non-hydrogen) atoms. The number of nitrogens with zero attached hydrogens (tertiary/aromatic N) is 1. The van der Waals surface area contributed by atoms with Crippen LogP contribution in [-0.2, 0) is 28.8 Å². The van der Waals surface area contributed by atoms with Gasteiger partial charge in [0.2, 0.25) is 5.91 Å². The number of methoxy groups -OCH3 is 1. The average Bonchev–Trinajstić information content (AvgIpc) is 3.14. The first-order valence-electron chi connectivity index (χ1n) is 10.4. The molecule has 5 nitrogen and oxygen atoms in total. The predicted molar refractivity (Wildman–Crippen MR) is 117 cm³/mol. The Kier molecular flexibility index (Phi) is 8.53. The average molecular weight is 470 g/mol. The Morgan fingerprint density at radius 2 is 2.00 bits per heavy atom. The number of ether oxygens (including phenoxy) is 1. The van der Waals surface area contributed by atoms with Crippen molar-refractivity contribution in [2.45, 2.75) is 37.8 Å². The van der Waals surface area contributed by atoms with Crippen molar-refractivity contribution in [2.24, 2.45) is 0 Å². The summed E-state index contributed by atoms with van der Waals surface area (Å²) in [6.07, 6.45) is -3.91. The lowest BCUT2D eigenvalue weighted by atomic mass is 10.1. The van der Waals surface area contributed by atoms with Crippen molar-refractivity contribution in [1.29, 1.82) is 0 Å². The molecule has 1 heterocycles. The van der Waals surface area contributed by atoms with Gasteiger partial charge in [-0.1, -0.05) is 41.9 Å². The molecular formula is C23H27ClF3N3O2. The van der Waals surface area contributed by atoms with Gasteiger partial charge in [-0.3, -0.25) is 9.69 Å². The van der Waals surface area contributed by atoms with Gasteiger partial charge in [-0.15, -0.1) is 0 Å². The summed E-state index contributed by atoms with van der Waals surface area (Å²) in [6, 6.07) is 12.4. The monoisotopic (exact) mass is 469 g/mol. The van der Waals surface area contributed by atoms with Gasteiger partial charge in [-0.2, -0.15) is 13.2 Å². The lowest BCUT2D eigenvalue weighted by Crippen LogP contribution is -2.43. The zero-order valence-electron chi connectivity index (χ0n) is 17.8. The molecule has 0 aromatic heterocycles. The number of alkyl halides is 3. The molecule has 1 amide bonds. The molecule has 0 saturated carbocycles. The van der Waals surface area contributed by atoms with Crippen LogP contribution in [0.1, 0.15) is 23.1 Å². The summed E-state index contributed by atoms with van der Waals surface area (Å²) < 4.78 is 44.9. The van der Waals surface area contributed by atoms with Crippen molar-refractivity contribution in [1.82, 2.24) is 15.5 Å². The van der Waals surface area contributed by atoms with E-state index in [9.17, 15) is 18.0 Å². The SMILES string of the molecule is COCCNC(=O)[C@@H]1C[C@@H](NCc2ccccc2C(F)(F)F)CN1Cc1cccc(Cl)c1. The summed E-state index contributed by atoms with van der Waals surface area (Å²) in [5.74, 6) is -0.121. The maximum atomic E-state index is 13.3. The van der Waals surface area contributed by atoms with E-state index in [-0.39, 0.29) is 24.1 Å². The van der Waals surface area contributed by atoms with Crippen LogP contribution in [0.2, 0.25) is 5.02 Å². The number of rotatable bonds is 9. The van der Waals surface area contributed by atoms with Gasteiger partial charge < -0.3 is 15.4 Å². The van der Waals surface area contributed by atoms with Gasteiger partial charge in [-0.25, -0.2) is 0 Å². The van der Waals surface area contributed by atoms with E-state index in [1.165, 1.54) is 12.1 Å². The third-order valence-corrected chi connectivity index (χ3v) is 5.73. The van der Waals surface area contributed by atoms with E-state index in [4.69, 9.17) is 16.3 Å². The normalized spacial score (nSPS) is 19.3. The smallest absolute Gasteiger partial charge is 0.383 e. The zero-order valence-corrected chi connectivity index (χ0v) is 18.5. The molecule has 2 N–H and O–H groups in total. The van der Waals surface area contributed by atoms with E-state index in [0.717, 1.165) is 11.6 Å². The number of carbonyl (C=O) groups excluding carboxylic acids is 1. The van der Waals surface area contributed by atoms with Crippen molar-refractivity contribution in [3.05, 3.63) is 70.2 Å². The summed E-state index contributed by atoms with van der Waals surface area (Å²) in [7, 11) is 1.56. The number of amides is 1. The minimum atomic E-state index is -4.41. The highest BCUT2D eigenvalue weighted by Gasteiger charge is 2.37. The van der Waals surface area contributed by atoms with E-state index < -0.39 is 17.8 Å². The second-order valence-electron chi connectivity index (χ2n) is 7.83. The topological polar surface area (TPSA) is 53.6 Å². The second kappa shape index (κ2) is 11.1. The number of hydrogen-bond donors (Lipinski definition) is 2. The van der Waals surface area contributed by atoms with Crippen molar-refractivity contribution in [3.63, 3.8) is 0 Å². The Hall–Kier alpha value is -2.13. The van der Waals surface area contributed by atoms with Gasteiger partial charge in [0, 0.05) is 44.4 Å². The van der Waals surface area contributed by atoms with Crippen LogP contribution < -0.4 is 10.6 Å². The van der Waals surface area contributed by atoms with E-state index >= 15 is 0 Å². The van der Waals surface area contributed by atoms with Crippen LogP contribution in [0.25, 0.3) is 0 Å². The van der Waals surface area contributed by atoms with Crippen LogP contribution in [0.4, 0.5) is 13.2 Å². The number of benzene rings is 2. The Bertz CT molecular complexity index is 910. The van der Waals surface area contributed by atoms with E-state index in [2.05, 4.69) is 10.6 Å². The third kappa shape index (κ3) is 6.68. The highest BCUT2D eigenvalue weighted by atomic mass is 35.5. The molecule has 174 valence electrons. The number of likely N-dealkylation sites (tertiary alicyclic amines) is 1. The molecule has 1 aliphatic rings. The highest BCUT2D eigenvalue weighted by Crippen LogP contribution is 2.32. The van der Waals surface area contributed by atoms with Crippen LogP contribution in [-0.4, -0.2) is 49.7 Å². The Morgan fingerprint density at radius 3 is 2.72 bits per heavy atom. The molecule has 0 unspecified atom stereocenters. The van der Waals surface area contributed by atoms with Crippen molar-refractivity contribution < 1.29 is 22.7 Å². The van der Waals surface area contributed by atoms with E-state index in [1.54, 1.807) is 19.2 Å². The first-order valence-corrected chi connectivity index (χ1v) is 10.8. The van der Waals surface area contributed by atoms with Gasteiger partial charge in [-0.05, 0) is 35.7 Å². The Labute approximate surface area is 190 Å². The zero-order chi connectivity index (χ0) is 23.1. The van der Waals surface area contributed by atoms with Crippen LogP contribution >= 0.6 is 11.6 Å². The molecular weight excluding hydrogens is 443 g/mol. The summed E-state index contributed by atoms with van der Waals surface area (Å²) in [6.45, 7) is 1.92. The molecule has 2 aromatic rings. The molecule has 3 rings (SSSR count). The Morgan fingerprint density at radius 1 is 1.22 bits per heavy atom. The van der Waals surface area contributed by atoms with Crippen molar-refractivity contribution >= 4 is 17.5 Å². The van der Waals surface area contributed by atoms with Gasteiger partial charge in [0.05, 0.1) is 18.2 Å². The second-order valence-corrected chi connectivity index (χ2v) is 8.26. The highest BCUT2D eigenvalue weighted by molar-refractivity contribution is 6.30. The number of carbonyl (C=O) groups is 1. The summed E-state index contributed by atoms with van der Waals surface area (Å²) in [5, 5.41) is 6.70. The van der Waals surface area contributed by atoms with E-state index in [1.807, 2.05) is 23.1 Å². The van der Waals surface area contributed by atoms with Crippen LogP contribution in [0, 0.1) is 0 Å². The third-order valence-electron chi connectivity index (χ3n) is 5.49. The molecule has 1 saturated heterocycles. The fourth-order valence-electron chi connectivity index (χ4n) is 3.97. The molecule has 2 aromatic carbocycles. The molecule has 0 bridgehead atoms. The van der Waals surface area contributed by atoms with Crippen LogP contribution in [0.5, 0.6) is 0 Å². The van der Waals surface area contributed by atoms with Crippen LogP contribution in [0.15, 0.2) is 48.5 Å². The van der Waals surface area contributed by atoms with Gasteiger partial charge in [0.25, 0.3) is 0 Å². The van der Waals surface area contributed by atoms with Crippen molar-refractivity contribution in [2.75, 3.05) is 26.8 Å². The maximum Gasteiger partial charge on any atom is 0.416 e. The lowest BCUT2D eigenvalue weighted by Gasteiger charge is -2.23. The fourth-order valence-corrected chi connectivity index (χ4v) is 4.18. The molecule has 0 spiro atoms. The minimum absolute atomic E-state index is 0.0728. The van der Waals surface area contributed by atoms with Gasteiger partial charge >= 0.3 is 6.18 Å². The Balaban J connectivity index is 1.69. The quantitative estimate of drug-likeness (QED) is 0.548. The fraction of sp³-hybridized carbons (Fsp3) is 0.435. The first kappa shape index (κ1) is 24.5. The van der Waals surface area contributed by atoms with E-state index in [0.29, 0.717) is 37.7 Å². The predicted octanol–water partition coefficient (Wildman–Crippen LogP) is 3.85. The number of hydrogen-bond acceptors (Lipinski definition) is 4. The summed E-state index contributed by atoms with van der Waals surface area (Å²) in [5.41, 5.74) is 0.514. The van der Waals surface area contributed by atoms with Crippen LogP contribution in [0.3, 0.4) is 0 Å². The summed E-state index contributed by atoms with van der Waals surface area (Å²) >= 11 is 6.10. The largest absolute Gasteiger partial charge is 0.416 e. The lowest BCUT2D eigenvalue weighted by molar-refractivity contribution is -0.138.